The average molecular weight is 268 g/mol. The lowest BCUT2D eigenvalue weighted by Crippen LogP contribution is -2.21. The molecule has 4 nitrogen and oxygen atoms in total. The zero-order valence-electron chi connectivity index (χ0n) is 11.0. The minimum absolute atomic E-state index is 0.106. The van der Waals surface area contributed by atoms with Crippen LogP contribution in [0.4, 0.5) is 0 Å². The van der Waals surface area contributed by atoms with Crippen molar-refractivity contribution in [3.05, 3.63) is 57.6 Å². The fourth-order valence-corrected chi connectivity index (χ4v) is 2.55. The second kappa shape index (κ2) is 3.93. The van der Waals surface area contributed by atoms with Crippen LogP contribution in [0.3, 0.4) is 0 Å². The fourth-order valence-electron chi connectivity index (χ4n) is 2.55. The number of fused-ring (bicyclic) bond motifs is 2. The number of carbonyl (C=O) groups is 2. The molecule has 0 unspecified atom stereocenters. The molecule has 0 radical (unpaired) electrons. The van der Waals surface area contributed by atoms with Gasteiger partial charge in [-0.1, -0.05) is 17.7 Å². The van der Waals surface area contributed by atoms with Gasteiger partial charge < -0.3 is 10.2 Å². The Morgan fingerprint density at radius 2 is 1.50 bits per heavy atom. The summed E-state index contributed by atoms with van der Waals surface area (Å²) in [6, 6.07) is 6.22. The molecule has 2 aromatic rings. The van der Waals surface area contributed by atoms with E-state index in [4.69, 9.17) is 0 Å². The van der Waals surface area contributed by atoms with E-state index in [9.17, 15) is 19.8 Å². The summed E-state index contributed by atoms with van der Waals surface area (Å²) < 4.78 is 0. The van der Waals surface area contributed by atoms with Crippen molar-refractivity contribution in [3.63, 3.8) is 0 Å². The fraction of sp³-hybridized carbons (Fsp3) is 0.125. The summed E-state index contributed by atoms with van der Waals surface area (Å²) in [5.74, 6) is -1.40. The van der Waals surface area contributed by atoms with Crippen molar-refractivity contribution in [2.75, 3.05) is 0 Å². The molecule has 1 aliphatic rings. The molecule has 4 heteroatoms. The van der Waals surface area contributed by atoms with Crippen LogP contribution in [-0.4, -0.2) is 21.8 Å². The molecular formula is C16H12O4. The molecule has 0 spiro atoms. The number of ketones is 2. The largest absolute Gasteiger partial charge is 0.507 e. The maximum Gasteiger partial charge on any atom is 0.198 e. The topological polar surface area (TPSA) is 74.6 Å². The third-order valence-electron chi connectivity index (χ3n) is 3.59. The highest BCUT2D eigenvalue weighted by Gasteiger charge is 2.35. The normalized spacial score (nSPS) is 13.1. The van der Waals surface area contributed by atoms with Gasteiger partial charge in [0, 0.05) is 11.1 Å². The van der Waals surface area contributed by atoms with Crippen LogP contribution in [0, 0.1) is 13.8 Å². The van der Waals surface area contributed by atoms with Gasteiger partial charge in [0.2, 0.25) is 0 Å². The third-order valence-corrected chi connectivity index (χ3v) is 3.59. The molecule has 0 amide bonds. The number of hydrogen-bond donors (Lipinski definition) is 2. The average Bonchev–Trinajstić information content (AvgIpc) is 2.40. The summed E-state index contributed by atoms with van der Waals surface area (Å²) in [6.07, 6.45) is 0. The first-order valence-corrected chi connectivity index (χ1v) is 6.17. The molecule has 0 aliphatic heterocycles. The standard InChI is InChI=1S/C16H12O4/c1-7-3-4-9-10(5-7)16(20)13-12(15(9)19)11(17)6-8(2)14(13)18/h3-6,17-18H,1-2H3. The van der Waals surface area contributed by atoms with Crippen molar-refractivity contribution in [3.8, 4) is 11.5 Å². The van der Waals surface area contributed by atoms with Crippen LogP contribution in [0.15, 0.2) is 24.3 Å². The number of phenols is 2. The molecular weight excluding hydrogens is 256 g/mol. The van der Waals surface area contributed by atoms with Crippen molar-refractivity contribution in [1.29, 1.82) is 0 Å². The summed E-state index contributed by atoms with van der Waals surface area (Å²) in [5, 5.41) is 20.0. The highest BCUT2D eigenvalue weighted by molar-refractivity contribution is 6.30. The molecule has 3 rings (SSSR count). The van der Waals surface area contributed by atoms with Gasteiger partial charge in [-0.15, -0.1) is 0 Å². The Balaban J connectivity index is 2.41. The summed E-state index contributed by atoms with van der Waals surface area (Å²) in [5.41, 5.74) is 1.51. The summed E-state index contributed by atoms with van der Waals surface area (Å²) in [6.45, 7) is 3.39. The minimum atomic E-state index is -0.442. The molecule has 2 aromatic carbocycles. The van der Waals surface area contributed by atoms with E-state index in [-0.39, 0.29) is 33.8 Å². The molecule has 1 aliphatic carbocycles. The predicted molar refractivity (Wildman–Crippen MR) is 72.6 cm³/mol. The molecule has 0 aromatic heterocycles. The molecule has 0 saturated carbocycles. The number of rotatable bonds is 0. The van der Waals surface area contributed by atoms with E-state index in [0.29, 0.717) is 5.56 Å². The van der Waals surface area contributed by atoms with E-state index in [1.165, 1.54) is 6.07 Å². The molecule has 2 N–H and O–H groups in total. The Labute approximate surface area is 115 Å². The monoisotopic (exact) mass is 268 g/mol. The Morgan fingerprint density at radius 3 is 2.20 bits per heavy atom. The predicted octanol–water partition coefficient (Wildman–Crippen LogP) is 2.49. The third kappa shape index (κ3) is 1.48. The Hall–Kier alpha value is -2.62. The molecule has 0 fully saturated rings. The summed E-state index contributed by atoms with van der Waals surface area (Å²) >= 11 is 0. The second-order valence-electron chi connectivity index (χ2n) is 5.02. The Kier molecular flexibility index (Phi) is 2.44. The second-order valence-corrected chi connectivity index (χ2v) is 5.02. The van der Waals surface area contributed by atoms with Crippen molar-refractivity contribution < 1.29 is 19.8 Å². The smallest absolute Gasteiger partial charge is 0.198 e. The van der Waals surface area contributed by atoms with E-state index in [1.807, 2.05) is 6.92 Å². The van der Waals surface area contributed by atoms with Crippen LogP contribution in [0.2, 0.25) is 0 Å². The number of carbonyl (C=O) groups excluding carboxylic acids is 2. The molecule has 20 heavy (non-hydrogen) atoms. The quantitative estimate of drug-likeness (QED) is 0.614. The highest BCUT2D eigenvalue weighted by Crippen LogP contribution is 2.39. The van der Waals surface area contributed by atoms with Gasteiger partial charge >= 0.3 is 0 Å². The maximum atomic E-state index is 12.5. The number of aryl methyl sites for hydroxylation is 2. The Morgan fingerprint density at radius 1 is 0.850 bits per heavy atom. The molecule has 100 valence electrons. The molecule has 0 saturated heterocycles. The van der Waals surface area contributed by atoms with Crippen LogP contribution in [-0.2, 0) is 0 Å². The number of aromatic hydroxyl groups is 2. The van der Waals surface area contributed by atoms with E-state index >= 15 is 0 Å². The Bertz CT molecular complexity index is 788. The van der Waals surface area contributed by atoms with Crippen LogP contribution in [0.25, 0.3) is 0 Å². The molecule has 0 bridgehead atoms. The van der Waals surface area contributed by atoms with E-state index in [2.05, 4.69) is 0 Å². The number of hydrogen-bond acceptors (Lipinski definition) is 4. The molecule has 0 heterocycles. The van der Waals surface area contributed by atoms with Crippen LogP contribution >= 0.6 is 0 Å². The van der Waals surface area contributed by atoms with E-state index < -0.39 is 11.6 Å². The van der Waals surface area contributed by atoms with Gasteiger partial charge in [-0.2, -0.15) is 0 Å². The van der Waals surface area contributed by atoms with Crippen molar-refractivity contribution in [2.24, 2.45) is 0 Å². The summed E-state index contributed by atoms with van der Waals surface area (Å²) in [4.78, 5) is 24.9. The van der Waals surface area contributed by atoms with Crippen molar-refractivity contribution in [2.45, 2.75) is 13.8 Å². The van der Waals surface area contributed by atoms with Gasteiger partial charge in [0.05, 0.1) is 11.1 Å². The lowest BCUT2D eigenvalue weighted by Gasteiger charge is -2.20. The summed E-state index contributed by atoms with van der Waals surface area (Å²) in [7, 11) is 0. The highest BCUT2D eigenvalue weighted by atomic mass is 16.3. The molecule has 0 atom stereocenters. The van der Waals surface area contributed by atoms with Gasteiger partial charge in [-0.05, 0) is 31.5 Å². The SMILES string of the molecule is Cc1ccc2c(c1)C(=O)c1c(O)c(C)cc(O)c1C2=O. The van der Waals surface area contributed by atoms with Crippen LogP contribution in [0.1, 0.15) is 43.0 Å². The van der Waals surface area contributed by atoms with Gasteiger partial charge in [-0.3, -0.25) is 9.59 Å². The van der Waals surface area contributed by atoms with Gasteiger partial charge in [0.25, 0.3) is 0 Å². The van der Waals surface area contributed by atoms with Gasteiger partial charge in [0.1, 0.15) is 11.5 Å². The van der Waals surface area contributed by atoms with E-state index in [1.54, 1.807) is 25.1 Å². The maximum absolute atomic E-state index is 12.5. The minimum Gasteiger partial charge on any atom is -0.507 e. The van der Waals surface area contributed by atoms with Crippen molar-refractivity contribution >= 4 is 11.6 Å². The van der Waals surface area contributed by atoms with E-state index in [0.717, 1.165) is 5.56 Å². The van der Waals surface area contributed by atoms with Gasteiger partial charge in [-0.25, -0.2) is 0 Å². The van der Waals surface area contributed by atoms with Crippen molar-refractivity contribution in [1.82, 2.24) is 0 Å². The zero-order valence-corrected chi connectivity index (χ0v) is 11.0. The first-order valence-electron chi connectivity index (χ1n) is 6.17. The van der Waals surface area contributed by atoms with Gasteiger partial charge in [0.15, 0.2) is 11.6 Å². The van der Waals surface area contributed by atoms with Crippen LogP contribution in [0.5, 0.6) is 11.5 Å². The lowest BCUT2D eigenvalue weighted by atomic mass is 9.81. The number of phenolic OH excluding ortho intramolecular Hbond substituents is 2. The first-order chi connectivity index (χ1) is 9.41. The lowest BCUT2D eigenvalue weighted by molar-refractivity contribution is 0.0974. The number of benzene rings is 2. The zero-order chi connectivity index (χ0) is 14.6. The van der Waals surface area contributed by atoms with Crippen LogP contribution < -0.4 is 0 Å². The first kappa shape index (κ1) is 12.4.